The topological polar surface area (TPSA) is 78.5 Å². The van der Waals surface area contributed by atoms with Crippen molar-refractivity contribution in [1.82, 2.24) is 10.2 Å². The van der Waals surface area contributed by atoms with E-state index in [0.717, 1.165) is 63.4 Å². The summed E-state index contributed by atoms with van der Waals surface area (Å²) in [6.07, 6.45) is 6.12. The van der Waals surface area contributed by atoms with Crippen LogP contribution in [0.4, 0.5) is 0 Å². The summed E-state index contributed by atoms with van der Waals surface area (Å²) in [4.78, 5) is 14.9. The standard InChI is InChI=1S/C28H50N2O6.C4H10.H2/c1-6-24(2)28(31)27(29-3)23-25-9-11-26(12-10-25)36-18-15-30(13-7-16-34-21-19-32-4)14-8-17-35-22-20-33-5;1-3-4-2;/h9-12,24,27,29H,6-8,13-23H2,1-5H3;3-4H2,1-2H3;1H/t24?,27-;;/m0../s1. The number of nitrogens with zero attached hydrogens (tertiary/aromatic N) is 1. The second kappa shape index (κ2) is 27.6. The maximum absolute atomic E-state index is 12.5. The van der Waals surface area contributed by atoms with Crippen molar-refractivity contribution >= 4 is 5.78 Å². The van der Waals surface area contributed by atoms with Crippen molar-refractivity contribution < 1.29 is 29.9 Å². The number of likely N-dealkylation sites (N-methyl/N-ethyl adjacent to an activating group) is 1. The van der Waals surface area contributed by atoms with E-state index in [4.69, 9.17) is 23.7 Å². The molecule has 0 aliphatic rings. The zero-order valence-electron chi connectivity index (χ0n) is 26.7. The molecule has 1 unspecified atom stereocenters. The third-order valence-corrected chi connectivity index (χ3v) is 6.72. The first-order valence-corrected chi connectivity index (χ1v) is 15.3. The number of rotatable bonds is 25. The monoisotopic (exact) mass is 570 g/mol. The molecular weight excluding hydrogens is 508 g/mol. The van der Waals surface area contributed by atoms with Gasteiger partial charge in [-0.15, -0.1) is 0 Å². The normalized spacial score (nSPS) is 12.6. The molecule has 0 heterocycles. The summed E-state index contributed by atoms with van der Waals surface area (Å²) >= 11 is 0. The molecular formula is C32H62N2O6. The van der Waals surface area contributed by atoms with Gasteiger partial charge < -0.3 is 29.0 Å². The lowest BCUT2D eigenvalue weighted by molar-refractivity contribution is -0.124. The minimum Gasteiger partial charge on any atom is -0.492 e. The number of methoxy groups -OCH3 is 2. The molecule has 0 fully saturated rings. The molecule has 8 nitrogen and oxygen atoms in total. The number of hydrogen-bond donors (Lipinski definition) is 1. The predicted molar refractivity (Wildman–Crippen MR) is 167 cm³/mol. The van der Waals surface area contributed by atoms with E-state index in [0.29, 0.717) is 39.5 Å². The molecule has 0 amide bonds. The highest BCUT2D eigenvalue weighted by Crippen LogP contribution is 2.16. The van der Waals surface area contributed by atoms with Gasteiger partial charge in [0.25, 0.3) is 0 Å². The summed E-state index contributed by atoms with van der Waals surface area (Å²) in [5.74, 6) is 1.19. The van der Waals surface area contributed by atoms with Gasteiger partial charge in [0, 0.05) is 54.4 Å². The Morgan fingerprint density at radius 2 is 1.38 bits per heavy atom. The summed E-state index contributed by atoms with van der Waals surface area (Å²) in [6, 6.07) is 7.93. The maximum Gasteiger partial charge on any atom is 0.152 e. The van der Waals surface area contributed by atoms with Gasteiger partial charge in [0.2, 0.25) is 0 Å². The number of Topliss-reactive ketones (excluding diaryl/α,β-unsaturated/α-hetero) is 1. The number of benzene rings is 1. The van der Waals surface area contributed by atoms with E-state index >= 15 is 0 Å². The smallest absolute Gasteiger partial charge is 0.152 e. The summed E-state index contributed by atoms with van der Waals surface area (Å²) in [5.41, 5.74) is 1.13. The molecule has 2 atom stereocenters. The van der Waals surface area contributed by atoms with Gasteiger partial charge in [-0.1, -0.05) is 52.7 Å². The van der Waals surface area contributed by atoms with Crippen molar-refractivity contribution in [3.63, 3.8) is 0 Å². The van der Waals surface area contributed by atoms with Crippen LogP contribution in [-0.2, 0) is 30.2 Å². The average molecular weight is 571 g/mol. The van der Waals surface area contributed by atoms with Gasteiger partial charge in [0.1, 0.15) is 12.4 Å². The van der Waals surface area contributed by atoms with Crippen molar-refractivity contribution in [3.05, 3.63) is 29.8 Å². The van der Waals surface area contributed by atoms with Crippen LogP contribution in [0.3, 0.4) is 0 Å². The highest BCUT2D eigenvalue weighted by Gasteiger charge is 2.21. The zero-order chi connectivity index (χ0) is 29.8. The number of unbranched alkanes of at least 4 members (excludes halogenated alkanes) is 1. The lowest BCUT2D eigenvalue weighted by Crippen LogP contribution is -2.39. The largest absolute Gasteiger partial charge is 0.492 e. The van der Waals surface area contributed by atoms with E-state index in [-0.39, 0.29) is 19.2 Å². The van der Waals surface area contributed by atoms with Gasteiger partial charge in [-0.25, -0.2) is 0 Å². The van der Waals surface area contributed by atoms with Gasteiger partial charge in [-0.2, -0.15) is 0 Å². The van der Waals surface area contributed by atoms with Crippen LogP contribution in [0.2, 0.25) is 0 Å². The fourth-order valence-corrected chi connectivity index (χ4v) is 3.74. The number of carbonyl (C=O) groups excluding carboxylic acids is 1. The van der Waals surface area contributed by atoms with E-state index in [9.17, 15) is 4.79 Å². The molecule has 236 valence electrons. The second-order valence-corrected chi connectivity index (χ2v) is 10.0. The summed E-state index contributed by atoms with van der Waals surface area (Å²) in [7, 11) is 5.22. The number of ketones is 1. The quantitative estimate of drug-likeness (QED) is 0.159. The molecule has 1 N–H and O–H groups in total. The Morgan fingerprint density at radius 1 is 0.825 bits per heavy atom. The SMILES string of the molecule is CCC(C)C(=O)[C@H](Cc1ccc(OCCN(CCCOCCOC)CCCOCCOC)cc1)NC.CCCC.[HH]. The maximum atomic E-state index is 12.5. The van der Waals surface area contributed by atoms with Crippen LogP contribution in [0.5, 0.6) is 5.75 Å². The van der Waals surface area contributed by atoms with Crippen molar-refractivity contribution in [2.75, 3.05) is 87.1 Å². The Balaban J connectivity index is 0. The fourth-order valence-electron chi connectivity index (χ4n) is 3.74. The van der Waals surface area contributed by atoms with Crippen LogP contribution < -0.4 is 10.1 Å². The first-order chi connectivity index (χ1) is 19.5. The van der Waals surface area contributed by atoms with E-state index in [1.807, 2.05) is 26.1 Å². The molecule has 0 aliphatic heterocycles. The Morgan fingerprint density at radius 3 is 1.82 bits per heavy atom. The van der Waals surface area contributed by atoms with Crippen molar-refractivity contribution in [1.29, 1.82) is 0 Å². The lowest BCUT2D eigenvalue weighted by atomic mass is 9.93. The molecule has 40 heavy (non-hydrogen) atoms. The molecule has 0 radical (unpaired) electrons. The second-order valence-electron chi connectivity index (χ2n) is 10.0. The number of carbonyl (C=O) groups is 1. The van der Waals surface area contributed by atoms with Crippen LogP contribution in [0, 0.1) is 5.92 Å². The van der Waals surface area contributed by atoms with Crippen LogP contribution in [0.1, 0.15) is 66.8 Å². The van der Waals surface area contributed by atoms with Crippen LogP contribution in [-0.4, -0.2) is 104 Å². The predicted octanol–water partition coefficient (Wildman–Crippen LogP) is 5.27. The first-order valence-electron chi connectivity index (χ1n) is 15.3. The third kappa shape index (κ3) is 20.3. The minimum atomic E-state index is -0.155. The third-order valence-electron chi connectivity index (χ3n) is 6.72. The van der Waals surface area contributed by atoms with Gasteiger partial charge in [0.05, 0.1) is 32.5 Å². The molecule has 0 saturated carbocycles. The summed E-state index contributed by atoms with van der Waals surface area (Å²) < 4.78 is 27.3. The van der Waals surface area contributed by atoms with E-state index in [1.165, 1.54) is 12.8 Å². The van der Waals surface area contributed by atoms with Crippen LogP contribution in [0.15, 0.2) is 24.3 Å². The number of nitrogens with one attached hydrogen (secondary N) is 1. The lowest BCUT2D eigenvalue weighted by Gasteiger charge is -2.22. The van der Waals surface area contributed by atoms with Gasteiger partial charge in [-0.05, 0) is 50.4 Å². The Labute approximate surface area is 246 Å². The fraction of sp³-hybridized carbons (Fsp3) is 0.781. The van der Waals surface area contributed by atoms with Crippen molar-refractivity contribution in [3.8, 4) is 5.75 Å². The molecule has 1 aromatic rings. The zero-order valence-corrected chi connectivity index (χ0v) is 26.7. The highest BCUT2D eigenvalue weighted by molar-refractivity contribution is 5.86. The molecule has 1 rings (SSSR count). The van der Waals surface area contributed by atoms with Gasteiger partial charge >= 0.3 is 0 Å². The Hall–Kier alpha value is -1.55. The minimum absolute atomic E-state index is 0. The Kier molecular flexibility index (Phi) is 26.5. The molecule has 8 heteroatoms. The van der Waals surface area contributed by atoms with Gasteiger partial charge in [0.15, 0.2) is 5.78 Å². The summed E-state index contributed by atoms with van der Waals surface area (Å²) in [6.45, 7) is 15.7. The highest BCUT2D eigenvalue weighted by atomic mass is 16.5. The average Bonchev–Trinajstić information content (AvgIpc) is 2.99. The van der Waals surface area contributed by atoms with Crippen LogP contribution in [0.25, 0.3) is 0 Å². The number of hydrogen-bond acceptors (Lipinski definition) is 8. The Bertz CT molecular complexity index is 677. The molecule has 1 aromatic carbocycles. The summed E-state index contributed by atoms with van der Waals surface area (Å²) in [5, 5.41) is 3.17. The molecule has 0 aliphatic carbocycles. The van der Waals surface area contributed by atoms with E-state index < -0.39 is 0 Å². The molecule has 0 aromatic heterocycles. The van der Waals surface area contributed by atoms with Gasteiger partial charge in [-0.3, -0.25) is 9.69 Å². The number of ether oxygens (including phenoxy) is 5. The van der Waals surface area contributed by atoms with Crippen LogP contribution >= 0.6 is 0 Å². The van der Waals surface area contributed by atoms with E-state index in [1.54, 1.807) is 14.2 Å². The van der Waals surface area contributed by atoms with Crippen molar-refractivity contribution in [2.45, 2.75) is 72.3 Å². The van der Waals surface area contributed by atoms with E-state index in [2.05, 4.69) is 43.1 Å². The molecule has 0 saturated heterocycles. The first kappa shape index (κ1) is 38.5. The molecule has 0 spiro atoms. The van der Waals surface area contributed by atoms with Crippen molar-refractivity contribution in [2.24, 2.45) is 5.92 Å². The molecule has 0 bridgehead atoms.